The Morgan fingerprint density at radius 3 is 2.48 bits per heavy atom. The zero-order chi connectivity index (χ0) is 19.6. The van der Waals surface area contributed by atoms with Crippen LogP contribution in [0, 0.1) is 11.3 Å². The van der Waals surface area contributed by atoms with Crippen molar-refractivity contribution in [3.8, 4) is 16.5 Å². The lowest BCUT2D eigenvalue weighted by Gasteiger charge is -2.05. The number of amides is 3. The first-order valence-corrected chi connectivity index (χ1v) is 9.50. The minimum atomic E-state index is -0.736. The number of nitriles is 1. The van der Waals surface area contributed by atoms with Gasteiger partial charge in [-0.1, -0.05) is 30.7 Å². The second-order valence-corrected chi connectivity index (χ2v) is 7.10. The summed E-state index contributed by atoms with van der Waals surface area (Å²) in [6.45, 7) is 1.69. The van der Waals surface area contributed by atoms with E-state index in [1.807, 2.05) is 24.3 Å². The number of urea groups is 1. The Morgan fingerprint density at radius 2 is 1.85 bits per heavy atom. The van der Waals surface area contributed by atoms with Crippen LogP contribution in [0.4, 0.5) is 9.80 Å². The fourth-order valence-electron chi connectivity index (χ4n) is 2.57. The molecule has 0 atom stereocenters. The van der Waals surface area contributed by atoms with Crippen molar-refractivity contribution in [3.05, 3.63) is 41.5 Å². The molecule has 6 N–H and O–H groups in total. The van der Waals surface area contributed by atoms with Crippen molar-refractivity contribution in [2.24, 2.45) is 11.5 Å². The molecule has 0 aliphatic heterocycles. The van der Waals surface area contributed by atoms with Crippen molar-refractivity contribution in [2.75, 3.05) is 11.9 Å². The van der Waals surface area contributed by atoms with Gasteiger partial charge in [0.25, 0.3) is 5.91 Å². The highest BCUT2D eigenvalue weighted by molar-refractivity contribution is 7.20. The molecule has 8 heteroatoms. The number of rotatable bonds is 10. The molecule has 0 aliphatic rings. The van der Waals surface area contributed by atoms with E-state index in [4.69, 9.17) is 16.7 Å². The highest BCUT2D eigenvalue weighted by atomic mass is 32.1. The first-order chi connectivity index (χ1) is 13.0. The summed E-state index contributed by atoms with van der Waals surface area (Å²) in [6, 6.07) is 11.0. The summed E-state index contributed by atoms with van der Waals surface area (Å²) in [6.07, 6.45) is 3.69. The predicted octanol–water partition coefficient (Wildman–Crippen LogP) is 3.18. The molecule has 0 bridgehead atoms. The predicted molar refractivity (Wildman–Crippen MR) is 107 cm³/mol. The van der Waals surface area contributed by atoms with E-state index in [9.17, 15) is 9.59 Å². The number of hydrogen-bond donors (Lipinski definition) is 4. The molecular formula is C19H23N5O2S. The summed E-state index contributed by atoms with van der Waals surface area (Å²) in [5, 5.41) is 14.7. The SMILES string of the molecule is N#CCCCCCNCc1ccc(-c2cc(C(N)=O)c(NC(N)=O)s2)cc1. The molecule has 3 amide bonds. The van der Waals surface area contributed by atoms with E-state index in [0.717, 1.165) is 48.4 Å². The normalized spacial score (nSPS) is 10.3. The lowest BCUT2D eigenvalue weighted by molar-refractivity contribution is 0.100. The number of unbranched alkanes of at least 4 members (excludes halogenated alkanes) is 3. The van der Waals surface area contributed by atoms with E-state index < -0.39 is 11.9 Å². The first-order valence-electron chi connectivity index (χ1n) is 8.68. The molecule has 1 aromatic heterocycles. The average Bonchev–Trinajstić information content (AvgIpc) is 3.05. The number of nitrogens with one attached hydrogen (secondary N) is 2. The van der Waals surface area contributed by atoms with Crippen LogP contribution < -0.4 is 22.1 Å². The lowest BCUT2D eigenvalue weighted by atomic mass is 10.1. The molecule has 0 spiro atoms. The molecule has 27 heavy (non-hydrogen) atoms. The summed E-state index contributed by atoms with van der Waals surface area (Å²) in [7, 11) is 0. The van der Waals surface area contributed by atoms with Gasteiger partial charge in [0, 0.05) is 17.8 Å². The Hall–Kier alpha value is -2.89. The van der Waals surface area contributed by atoms with Crippen molar-refractivity contribution in [3.63, 3.8) is 0 Å². The lowest BCUT2D eigenvalue weighted by Crippen LogP contribution is -2.21. The van der Waals surface area contributed by atoms with Crippen LogP contribution in [0.3, 0.4) is 0 Å². The van der Waals surface area contributed by atoms with E-state index in [1.165, 1.54) is 11.3 Å². The molecule has 0 fully saturated rings. The van der Waals surface area contributed by atoms with Gasteiger partial charge in [-0.05, 0) is 36.6 Å². The highest BCUT2D eigenvalue weighted by Crippen LogP contribution is 2.35. The zero-order valence-corrected chi connectivity index (χ0v) is 15.8. The van der Waals surface area contributed by atoms with Gasteiger partial charge in [-0.15, -0.1) is 11.3 Å². The molecule has 2 rings (SSSR count). The van der Waals surface area contributed by atoms with Crippen LogP contribution in [0.2, 0.25) is 0 Å². The Kier molecular flexibility index (Phi) is 7.79. The molecule has 7 nitrogen and oxygen atoms in total. The van der Waals surface area contributed by atoms with Gasteiger partial charge in [0.15, 0.2) is 0 Å². The quantitative estimate of drug-likeness (QED) is 0.467. The van der Waals surface area contributed by atoms with Crippen molar-refractivity contribution in [1.82, 2.24) is 5.32 Å². The molecule has 0 saturated heterocycles. The number of carbonyl (C=O) groups excluding carboxylic acids is 2. The molecular weight excluding hydrogens is 362 g/mol. The zero-order valence-electron chi connectivity index (χ0n) is 15.0. The van der Waals surface area contributed by atoms with E-state index in [2.05, 4.69) is 16.7 Å². The second-order valence-electron chi connectivity index (χ2n) is 6.05. The van der Waals surface area contributed by atoms with E-state index in [1.54, 1.807) is 6.07 Å². The van der Waals surface area contributed by atoms with E-state index in [-0.39, 0.29) is 5.56 Å². The Bertz CT molecular complexity index is 824. The highest BCUT2D eigenvalue weighted by Gasteiger charge is 2.15. The van der Waals surface area contributed by atoms with Crippen LogP contribution in [0.5, 0.6) is 0 Å². The van der Waals surface area contributed by atoms with Crippen LogP contribution in [0.25, 0.3) is 10.4 Å². The second kappa shape index (κ2) is 10.3. The summed E-state index contributed by atoms with van der Waals surface area (Å²) in [5.74, 6) is -0.614. The van der Waals surface area contributed by atoms with Gasteiger partial charge < -0.3 is 16.8 Å². The van der Waals surface area contributed by atoms with Crippen LogP contribution >= 0.6 is 11.3 Å². The maximum absolute atomic E-state index is 11.5. The molecule has 0 radical (unpaired) electrons. The summed E-state index contributed by atoms with van der Waals surface area (Å²) >= 11 is 1.25. The van der Waals surface area contributed by atoms with Crippen molar-refractivity contribution < 1.29 is 9.59 Å². The molecule has 1 aromatic carbocycles. The number of anilines is 1. The van der Waals surface area contributed by atoms with Crippen molar-refractivity contribution in [2.45, 2.75) is 32.2 Å². The molecule has 0 aliphatic carbocycles. The summed E-state index contributed by atoms with van der Waals surface area (Å²) < 4.78 is 0. The van der Waals surface area contributed by atoms with Gasteiger partial charge in [0.2, 0.25) is 0 Å². The minimum absolute atomic E-state index is 0.246. The van der Waals surface area contributed by atoms with Gasteiger partial charge in [-0.25, -0.2) is 4.79 Å². The van der Waals surface area contributed by atoms with Gasteiger partial charge in [0.05, 0.1) is 11.6 Å². The average molecular weight is 385 g/mol. The van der Waals surface area contributed by atoms with Crippen LogP contribution in [0.15, 0.2) is 30.3 Å². The largest absolute Gasteiger partial charge is 0.366 e. The van der Waals surface area contributed by atoms with Crippen molar-refractivity contribution >= 4 is 28.3 Å². The smallest absolute Gasteiger partial charge is 0.317 e. The monoisotopic (exact) mass is 385 g/mol. The number of carbonyl (C=O) groups is 2. The van der Waals surface area contributed by atoms with Gasteiger partial charge in [-0.2, -0.15) is 5.26 Å². The number of benzene rings is 1. The first kappa shape index (κ1) is 20.4. The summed E-state index contributed by atoms with van der Waals surface area (Å²) in [5.41, 5.74) is 12.8. The third-order valence-corrected chi connectivity index (χ3v) is 5.04. The standard InChI is InChI=1S/C19H23N5O2S/c20-9-3-1-2-4-10-23-12-13-5-7-14(8-6-13)16-11-15(17(21)25)18(27-16)24-19(22)26/h5-8,11,23H,1-4,10,12H2,(H2,21,25)(H3,22,24,26). The van der Waals surface area contributed by atoms with E-state index in [0.29, 0.717) is 11.4 Å². The number of thiophene rings is 1. The number of primary amides is 2. The van der Waals surface area contributed by atoms with Crippen molar-refractivity contribution in [1.29, 1.82) is 5.26 Å². The molecule has 1 heterocycles. The third kappa shape index (κ3) is 6.40. The van der Waals surface area contributed by atoms with Gasteiger partial charge in [-0.3, -0.25) is 10.1 Å². The van der Waals surface area contributed by atoms with Crippen LogP contribution in [-0.2, 0) is 6.54 Å². The van der Waals surface area contributed by atoms with Gasteiger partial charge in [0.1, 0.15) is 5.00 Å². The fourth-order valence-corrected chi connectivity index (χ4v) is 3.64. The number of nitrogens with two attached hydrogens (primary N) is 2. The molecule has 0 unspecified atom stereocenters. The number of hydrogen-bond acceptors (Lipinski definition) is 5. The molecule has 2 aromatic rings. The van der Waals surface area contributed by atoms with Crippen LogP contribution in [0.1, 0.15) is 41.6 Å². The summed E-state index contributed by atoms with van der Waals surface area (Å²) in [4.78, 5) is 23.4. The maximum atomic E-state index is 11.5. The minimum Gasteiger partial charge on any atom is -0.366 e. The molecule has 142 valence electrons. The van der Waals surface area contributed by atoms with E-state index >= 15 is 0 Å². The topological polar surface area (TPSA) is 134 Å². The Morgan fingerprint density at radius 1 is 1.11 bits per heavy atom. The Labute approximate surface area is 162 Å². The number of nitrogens with zero attached hydrogens (tertiary/aromatic N) is 1. The third-order valence-electron chi connectivity index (χ3n) is 3.94. The van der Waals surface area contributed by atoms with Gasteiger partial charge >= 0.3 is 6.03 Å². The van der Waals surface area contributed by atoms with Crippen LogP contribution in [-0.4, -0.2) is 18.5 Å². The molecule has 0 saturated carbocycles. The fraction of sp³-hybridized carbons (Fsp3) is 0.316. The maximum Gasteiger partial charge on any atom is 0.317 e. The Balaban J connectivity index is 1.94.